The Labute approximate surface area is 117 Å². The van der Waals surface area contributed by atoms with E-state index in [1.807, 2.05) is 13.8 Å². The molecule has 6 nitrogen and oxygen atoms in total. The third kappa shape index (κ3) is 3.00. The molecule has 0 bridgehead atoms. The molecule has 0 radical (unpaired) electrons. The minimum absolute atomic E-state index is 0.0228. The van der Waals surface area contributed by atoms with Crippen molar-refractivity contribution >= 4 is 31.2 Å². The number of nitrogens with one attached hydrogen (secondary N) is 1. The standard InChI is InChI=1S/C10H16N2O4S3/c1-6(2)12-8-3-4-18(13,14)10-7(8)5-9(17-10)19(11,15)16/h5-6,8,12H,3-4H2,1-2H3,(H2,11,15,16). The smallest absolute Gasteiger partial charge is 0.247 e. The summed E-state index contributed by atoms with van der Waals surface area (Å²) in [5, 5.41) is 8.32. The van der Waals surface area contributed by atoms with Crippen molar-refractivity contribution in [3.63, 3.8) is 0 Å². The van der Waals surface area contributed by atoms with Gasteiger partial charge in [-0.1, -0.05) is 13.8 Å². The number of fused-ring (bicyclic) bond motifs is 1. The Hall–Kier alpha value is -0.480. The second-order valence-electron chi connectivity index (χ2n) is 4.83. The number of hydrogen-bond acceptors (Lipinski definition) is 6. The third-order valence-electron chi connectivity index (χ3n) is 2.85. The second kappa shape index (κ2) is 4.81. The van der Waals surface area contributed by atoms with E-state index in [-0.39, 0.29) is 26.3 Å². The monoisotopic (exact) mass is 324 g/mol. The van der Waals surface area contributed by atoms with Gasteiger partial charge in [-0.2, -0.15) is 0 Å². The highest BCUT2D eigenvalue weighted by molar-refractivity contribution is 7.95. The molecule has 0 aliphatic carbocycles. The van der Waals surface area contributed by atoms with Crippen molar-refractivity contribution in [3.8, 4) is 0 Å². The maximum absolute atomic E-state index is 12.0. The topological polar surface area (TPSA) is 106 Å². The molecule has 2 rings (SSSR count). The number of nitrogens with two attached hydrogens (primary N) is 1. The van der Waals surface area contributed by atoms with Gasteiger partial charge in [0, 0.05) is 17.6 Å². The molecule has 0 amide bonds. The van der Waals surface area contributed by atoms with E-state index < -0.39 is 19.9 Å². The molecular weight excluding hydrogens is 308 g/mol. The van der Waals surface area contributed by atoms with Crippen LogP contribution in [0, 0.1) is 0 Å². The van der Waals surface area contributed by atoms with Crippen molar-refractivity contribution in [2.45, 2.75) is 40.8 Å². The summed E-state index contributed by atoms with van der Waals surface area (Å²) in [5.41, 5.74) is 0.522. The Morgan fingerprint density at radius 2 is 2.11 bits per heavy atom. The first-order valence-corrected chi connectivity index (χ1v) is 9.78. The number of thiophene rings is 1. The van der Waals surface area contributed by atoms with Crippen LogP contribution in [-0.2, 0) is 19.9 Å². The van der Waals surface area contributed by atoms with Crippen LogP contribution in [0.25, 0.3) is 0 Å². The van der Waals surface area contributed by atoms with Gasteiger partial charge in [0.25, 0.3) is 0 Å². The van der Waals surface area contributed by atoms with Gasteiger partial charge in [-0.25, -0.2) is 22.0 Å². The lowest BCUT2D eigenvalue weighted by atomic mass is 10.1. The Bertz CT molecular complexity index is 688. The molecule has 0 aromatic carbocycles. The summed E-state index contributed by atoms with van der Waals surface area (Å²) in [7, 11) is -7.26. The van der Waals surface area contributed by atoms with Crippen molar-refractivity contribution in [3.05, 3.63) is 11.6 Å². The second-order valence-corrected chi connectivity index (χ2v) is 9.98. The van der Waals surface area contributed by atoms with Gasteiger partial charge in [-0.3, -0.25) is 0 Å². The lowest BCUT2D eigenvalue weighted by Crippen LogP contribution is -2.32. The molecule has 1 aliphatic rings. The average Bonchev–Trinajstić information content (AvgIpc) is 2.67. The normalized spacial score (nSPS) is 22.4. The minimum Gasteiger partial charge on any atom is -0.308 e. The summed E-state index contributed by atoms with van der Waals surface area (Å²) >= 11 is 0.739. The lowest BCUT2D eigenvalue weighted by Gasteiger charge is -2.25. The van der Waals surface area contributed by atoms with Crippen LogP contribution < -0.4 is 10.5 Å². The highest BCUT2D eigenvalue weighted by Gasteiger charge is 2.34. The maximum Gasteiger partial charge on any atom is 0.247 e. The quantitative estimate of drug-likeness (QED) is 0.847. The molecule has 0 fully saturated rings. The van der Waals surface area contributed by atoms with Crippen LogP contribution in [0.4, 0.5) is 0 Å². The van der Waals surface area contributed by atoms with E-state index in [0.29, 0.717) is 12.0 Å². The minimum atomic E-state index is -3.87. The molecule has 1 atom stereocenters. The molecule has 0 saturated carbocycles. The Balaban J connectivity index is 2.56. The summed E-state index contributed by atoms with van der Waals surface area (Å²) in [5.74, 6) is 0.0228. The number of sulfonamides is 1. The molecule has 0 spiro atoms. The molecule has 1 aromatic heterocycles. The van der Waals surface area contributed by atoms with Crippen molar-refractivity contribution in [2.24, 2.45) is 5.14 Å². The zero-order valence-electron chi connectivity index (χ0n) is 10.6. The van der Waals surface area contributed by atoms with Crippen molar-refractivity contribution in [1.82, 2.24) is 5.32 Å². The molecule has 1 aliphatic heterocycles. The highest BCUT2D eigenvalue weighted by atomic mass is 32.3. The van der Waals surface area contributed by atoms with Crippen molar-refractivity contribution in [2.75, 3.05) is 5.75 Å². The first-order valence-electron chi connectivity index (χ1n) is 5.76. The van der Waals surface area contributed by atoms with E-state index in [1.54, 1.807) is 0 Å². The fourth-order valence-electron chi connectivity index (χ4n) is 2.09. The molecule has 1 unspecified atom stereocenters. The highest BCUT2D eigenvalue weighted by Crippen LogP contribution is 2.39. The summed E-state index contributed by atoms with van der Waals surface area (Å²) in [6.45, 7) is 3.91. The summed E-state index contributed by atoms with van der Waals surface area (Å²) in [4.78, 5) is 0. The predicted molar refractivity (Wildman–Crippen MR) is 73.4 cm³/mol. The average molecular weight is 324 g/mol. The van der Waals surface area contributed by atoms with Crippen LogP contribution in [0.5, 0.6) is 0 Å². The SMILES string of the molecule is CC(C)NC1CCS(=O)(=O)c2sc(S(N)(=O)=O)cc21. The Morgan fingerprint density at radius 3 is 2.63 bits per heavy atom. The first-order chi connectivity index (χ1) is 8.61. The van der Waals surface area contributed by atoms with Gasteiger partial charge in [0.1, 0.15) is 8.42 Å². The van der Waals surface area contributed by atoms with E-state index in [1.165, 1.54) is 6.07 Å². The molecule has 2 heterocycles. The van der Waals surface area contributed by atoms with Crippen molar-refractivity contribution < 1.29 is 16.8 Å². The van der Waals surface area contributed by atoms with Gasteiger partial charge in [0.05, 0.1) is 5.75 Å². The number of primary sulfonamides is 1. The van der Waals surface area contributed by atoms with Gasteiger partial charge in [-0.15, -0.1) is 11.3 Å². The summed E-state index contributed by atoms with van der Waals surface area (Å²) in [6, 6.07) is 1.41. The van der Waals surface area contributed by atoms with E-state index in [9.17, 15) is 16.8 Å². The molecule has 9 heteroatoms. The number of rotatable bonds is 3. The third-order valence-corrected chi connectivity index (χ3v) is 7.80. The van der Waals surface area contributed by atoms with Crippen LogP contribution in [0.3, 0.4) is 0 Å². The zero-order chi connectivity index (χ0) is 14.4. The predicted octanol–water partition coefficient (Wildman–Crippen LogP) is 0.612. The molecule has 3 N–H and O–H groups in total. The lowest BCUT2D eigenvalue weighted by molar-refractivity contribution is 0.452. The molecule has 108 valence electrons. The fourth-order valence-corrected chi connectivity index (χ4v) is 6.26. The molecule has 0 saturated heterocycles. The van der Waals surface area contributed by atoms with E-state index in [2.05, 4.69) is 5.32 Å². The van der Waals surface area contributed by atoms with E-state index in [0.717, 1.165) is 11.3 Å². The summed E-state index contributed by atoms with van der Waals surface area (Å²) in [6.07, 6.45) is 0.439. The Kier molecular flexibility index (Phi) is 3.78. The molecule has 1 aromatic rings. The largest absolute Gasteiger partial charge is 0.308 e. The molecular formula is C10H16N2O4S3. The van der Waals surface area contributed by atoms with Gasteiger partial charge in [0.15, 0.2) is 9.84 Å². The zero-order valence-corrected chi connectivity index (χ0v) is 13.0. The van der Waals surface area contributed by atoms with Gasteiger partial charge < -0.3 is 5.32 Å². The number of sulfone groups is 1. The van der Waals surface area contributed by atoms with Crippen LogP contribution >= 0.6 is 11.3 Å². The van der Waals surface area contributed by atoms with Gasteiger partial charge in [-0.05, 0) is 12.5 Å². The van der Waals surface area contributed by atoms with Gasteiger partial charge >= 0.3 is 0 Å². The van der Waals surface area contributed by atoms with Crippen LogP contribution in [0.2, 0.25) is 0 Å². The first kappa shape index (κ1) is 14.9. The van der Waals surface area contributed by atoms with E-state index in [4.69, 9.17) is 5.14 Å². The number of hydrogen-bond donors (Lipinski definition) is 2. The van der Waals surface area contributed by atoms with Gasteiger partial charge in [0.2, 0.25) is 10.0 Å². The van der Waals surface area contributed by atoms with Crippen LogP contribution in [0.15, 0.2) is 14.5 Å². The maximum atomic E-state index is 12.0. The van der Waals surface area contributed by atoms with Crippen LogP contribution in [0.1, 0.15) is 31.9 Å². The Morgan fingerprint density at radius 1 is 1.47 bits per heavy atom. The van der Waals surface area contributed by atoms with E-state index >= 15 is 0 Å². The van der Waals surface area contributed by atoms with Crippen molar-refractivity contribution in [1.29, 1.82) is 0 Å². The molecule has 19 heavy (non-hydrogen) atoms. The summed E-state index contributed by atoms with van der Waals surface area (Å²) < 4.78 is 46.7. The van der Waals surface area contributed by atoms with Crippen LogP contribution in [-0.4, -0.2) is 28.6 Å². The fraction of sp³-hybridized carbons (Fsp3) is 0.600.